The van der Waals surface area contributed by atoms with Crippen LogP contribution in [0.15, 0.2) is 0 Å². The molecular weight excluding hydrogens is 260 g/mol. The number of ether oxygens (including phenoxy) is 1. The zero-order valence-corrected chi connectivity index (χ0v) is 11.7. The zero-order chi connectivity index (χ0) is 14.7. The summed E-state index contributed by atoms with van der Waals surface area (Å²) < 4.78 is 5.27. The Labute approximate surface area is 117 Å². The minimum absolute atomic E-state index is 0.104. The van der Waals surface area contributed by atoms with Gasteiger partial charge in [0.1, 0.15) is 0 Å². The van der Waals surface area contributed by atoms with Crippen molar-refractivity contribution in [3.8, 4) is 6.01 Å². The van der Waals surface area contributed by atoms with Gasteiger partial charge in [-0.15, -0.1) is 0 Å². The minimum Gasteiger partial charge on any atom is -0.464 e. The van der Waals surface area contributed by atoms with Crippen molar-refractivity contribution >= 4 is 17.8 Å². The lowest BCUT2D eigenvalue weighted by molar-refractivity contribution is -0.122. The lowest BCUT2D eigenvalue weighted by Crippen LogP contribution is -2.46. The third-order valence-electron chi connectivity index (χ3n) is 3.44. The first-order valence-electron chi connectivity index (χ1n) is 6.71. The number of hydrogen-bond acceptors (Lipinski definition) is 7. The van der Waals surface area contributed by atoms with E-state index in [9.17, 15) is 4.79 Å². The van der Waals surface area contributed by atoms with Gasteiger partial charge in [0, 0.05) is 12.6 Å². The van der Waals surface area contributed by atoms with Gasteiger partial charge < -0.3 is 21.1 Å². The van der Waals surface area contributed by atoms with E-state index in [1.54, 1.807) is 0 Å². The van der Waals surface area contributed by atoms with E-state index >= 15 is 0 Å². The molecule has 8 heteroatoms. The molecule has 0 spiro atoms. The number of primary amides is 1. The van der Waals surface area contributed by atoms with Crippen molar-refractivity contribution < 1.29 is 9.53 Å². The summed E-state index contributed by atoms with van der Waals surface area (Å²) in [6.45, 7) is 4.83. The van der Waals surface area contributed by atoms with Crippen LogP contribution < -0.4 is 21.1 Å². The Hall–Kier alpha value is -2.12. The van der Waals surface area contributed by atoms with E-state index in [1.807, 2.05) is 11.8 Å². The molecule has 2 rings (SSSR count). The van der Waals surface area contributed by atoms with Crippen molar-refractivity contribution in [2.45, 2.75) is 32.7 Å². The number of amides is 1. The average Bonchev–Trinajstić information content (AvgIpc) is 2.38. The first-order chi connectivity index (χ1) is 9.51. The maximum atomic E-state index is 11.4. The fourth-order valence-electron chi connectivity index (χ4n) is 2.30. The molecule has 2 unspecified atom stereocenters. The number of rotatable bonds is 4. The maximum Gasteiger partial charge on any atom is 0.323 e. The highest BCUT2D eigenvalue weighted by Gasteiger charge is 2.30. The highest BCUT2D eigenvalue weighted by molar-refractivity contribution is 5.77. The van der Waals surface area contributed by atoms with E-state index in [2.05, 4.69) is 21.9 Å². The summed E-state index contributed by atoms with van der Waals surface area (Å²) in [7, 11) is 0. The Morgan fingerprint density at radius 1 is 1.40 bits per heavy atom. The van der Waals surface area contributed by atoms with Gasteiger partial charge in [-0.3, -0.25) is 4.79 Å². The van der Waals surface area contributed by atoms with E-state index in [4.69, 9.17) is 16.2 Å². The fraction of sp³-hybridized carbons (Fsp3) is 0.667. The van der Waals surface area contributed by atoms with Gasteiger partial charge in [0.15, 0.2) is 0 Å². The van der Waals surface area contributed by atoms with E-state index in [0.29, 0.717) is 19.1 Å². The van der Waals surface area contributed by atoms with Crippen molar-refractivity contribution in [2.24, 2.45) is 11.7 Å². The Bertz CT molecular complexity index is 495. The number of carbonyl (C=O) groups is 1. The van der Waals surface area contributed by atoms with E-state index < -0.39 is 0 Å². The van der Waals surface area contributed by atoms with Gasteiger partial charge >= 0.3 is 6.01 Å². The third kappa shape index (κ3) is 3.06. The highest BCUT2D eigenvalue weighted by Crippen LogP contribution is 2.26. The van der Waals surface area contributed by atoms with Crippen LogP contribution in [0.25, 0.3) is 0 Å². The predicted molar refractivity (Wildman–Crippen MR) is 74.1 cm³/mol. The van der Waals surface area contributed by atoms with Gasteiger partial charge in [0.05, 0.1) is 12.5 Å². The molecule has 8 nitrogen and oxygen atoms in total. The molecule has 0 radical (unpaired) electrons. The molecule has 110 valence electrons. The van der Waals surface area contributed by atoms with Crippen molar-refractivity contribution in [1.82, 2.24) is 15.0 Å². The number of anilines is 2. The summed E-state index contributed by atoms with van der Waals surface area (Å²) in [6, 6.07) is 0.408. The van der Waals surface area contributed by atoms with Crippen LogP contribution in [-0.2, 0) is 4.79 Å². The first-order valence-corrected chi connectivity index (χ1v) is 6.71. The Balaban J connectivity index is 2.26. The number of carbonyl (C=O) groups excluding carboxylic acids is 1. The molecule has 20 heavy (non-hydrogen) atoms. The van der Waals surface area contributed by atoms with E-state index in [-0.39, 0.29) is 29.8 Å². The van der Waals surface area contributed by atoms with Crippen LogP contribution in [-0.4, -0.2) is 40.1 Å². The van der Waals surface area contributed by atoms with Crippen LogP contribution in [0, 0.1) is 5.92 Å². The molecule has 2 atom stereocenters. The Morgan fingerprint density at radius 2 is 2.15 bits per heavy atom. The average molecular weight is 280 g/mol. The molecule has 1 aromatic rings. The predicted octanol–water partition coefficient (Wildman–Crippen LogP) is -0.0573. The molecule has 0 aliphatic carbocycles. The summed E-state index contributed by atoms with van der Waals surface area (Å²) in [5.41, 5.74) is 11.1. The molecule has 0 saturated carbocycles. The largest absolute Gasteiger partial charge is 0.464 e. The van der Waals surface area contributed by atoms with Crippen molar-refractivity contribution in [3.05, 3.63) is 0 Å². The smallest absolute Gasteiger partial charge is 0.323 e. The summed E-state index contributed by atoms with van der Waals surface area (Å²) in [6.07, 6.45) is 1.63. The molecule has 1 aliphatic heterocycles. The van der Waals surface area contributed by atoms with Gasteiger partial charge in [0.2, 0.25) is 17.8 Å². The first kappa shape index (κ1) is 14.3. The van der Waals surface area contributed by atoms with Gasteiger partial charge in [-0.05, 0) is 26.7 Å². The van der Waals surface area contributed by atoms with E-state index in [0.717, 1.165) is 12.8 Å². The fourth-order valence-corrected chi connectivity index (χ4v) is 2.30. The lowest BCUT2D eigenvalue weighted by atomic mass is 9.93. The molecule has 2 heterocycles. The number of aromatic nitrogens is 3. The van der Waals surface area contributed by atoms with Gasteiger partial charge in [-0.2, -0.15) is 15.0 Å². The molecule has 1 aromatic heterocycles. The SMILES string of the molecule is CCOc1nc(N)nc(N2CC(C(N)=O)CCC2C)n1. The van der Waals surface area contributed by atoms with Gasteiger partial charge in [-0.1, -0.05) is 0 Å². The lowest BCUT2D eigenvalue weighted by Gasteiger charge is -2.36. The highest BCUT2D eigenvalue weighted by atomic mass is 16.5. The normalized spacial score (nSPS) is 22.6. The number of nitrogens with two attached hydrogens (primary N) is 2. The molecule has 0 aromatic carbocycles. The number of hydrogen-bond donors (Lipinski definition) is 2. The second-order valence-electron chi connectivity index (χ2n) is 4.89. The molecule has 0 bridgehead atoms. The molecule has 1 aliphatic rings. The Kier molecular flexibility index (Phi) is 4.21. The summed E-state index contributed by atoms with van der Waals surface area (Å²) in [5, 5.41) is 0. The monoisotopic (exact) mass is 280 g/mol. The summed E-state index contributed by atoms with van der Waals surface area (Å²) in [4.78, 5) is 25.6. The zero-order valence-electron chi connectivity index (χ0n) is 11.7. The van der Waals surface area contributed by atoms with Gasteiger partial charge in [0.25, 0.3) is 0 Å². The molecule has 1 saturated heterocycles. The van der Waals surface area contributed by atoms with Crippen LogP contribution in [0.1, 0.15) is 26.7 Å². The van der Waals surface area contributed by atoms with Crippen LogP contribution >= 0.6 is 0 Å². The summed E-state index contributed by atoms with van der Waals surface area (Å²) >= 11 is 0. The van der Waals surface area contributed by atoms with Gasteiger partial charge in [-0.25, -0.2) is 0 Å². The Morgan fingerprint density at radius 3 is 2.80 bits per heavy atom. The maximum absolute atomic E-state index is 11.4. The minimum atomic E-state index is -0.297. The topological polar surface area (TPSA) is 120 Å². The number of nitrogen functional groups attached to an aromatic ring is 1. The van der Waals surface area contributed by atoms with Crippen molar-refractivity contribution in [3.63, 3.8) is 0 Å². The van der Waals surface area contributed by atoms with Crippen LogP contribution in [0.2, 0.25) is 0 Å². The molecule has 4 N–H and O–H groups in total. The van der Waals surface area contributed by atoms with Crippen LogP contribution in [0.4, 0.5) is 11.9 Å². The molecule has 1 fully saturated rings. The van der Waals surface area contributed by atoms with Crippen molar-refractivity contribution in [2.75, 3.05) is 23.8 Å². The second kappa shape index (κ2) is 5.89. The molecule has 1 amide bonds. The van der Waals surface area contributed by atoms with Crippen LogP contribution in [0.3, 0.4) is 0 Å². The number of piperidine rings is 1. The standard InChI is InChI=1S/C12H20N6O2/c1-3-20-12-16-10(14)15-11(17-12)18-6-8(9(13)19)5-4-7(18)2/h7-8H,3-6H2,1-2H3,(H2,13,19)(H2,14,15,16,17). The molecular formula is C12H20N6O2. The quantitative estimate of drug-likeness (QED) is 0.792. The summed E-state index contributed by atoms with van der Waals surface area (Å²) in [5.74, 6) is 0.0416. The second-order valence-corrected chi connectivity index (χ2v) is 4.89. The van der Waals surface area contributed by atoms with Crippen molar-refractivity contribution in [1.29, 1.82) is 0 Å². The van der Waals surface area contributed by atoms with Crippen LogP contribution in [0.5, 0.6) is 6.01 Å². The number of nitrogens with zero attached hydrogens (tertiary/aromatic N) is 4. The van der Waals surface area contributed by atoms with E-state index in [1.165, 1.54) is 0 Å². The third-order valence-corrected chi connectivity index (χ3v) is 3.44.